The Kier molecular flexibility index (Phi) is 10.5. The highest BCUT2D eigenvalue weighted by atomic mass is 35.5. The number of Topliss-reactive ketones (excluding diaryl/α,β-unsaturated/α-hetero) is 1. The molecule has 246 valence electrons. The van der Waals surface area contributed by atoms with Crippen LogP contribution in [0.25, 0.3) is 21.8 Å². The number of nitrogens with one attached hydrogen (secondary N) is 2. The Balaban J connectivity index is 0.000000188. The molecule has 2 aromatic heterocycles. The van der Waals surface area contributed by atoms with Crippen molar-refractivity contribution >= 4 is 73.8 Å². The summed E-state index contributed by atoms with van der Waals surface area (Å²) in [4.78, 5) is 28.5. The molecule has 1 atom stereocenters. The van der Waals surface area contributed by atoms with Gasteiger partial charge in [0.15, 0.2) is 17.4 Å². The number of carbonyl (C=O) groups is 1. The van der Waals surface area contributed by atoms with Crippen LogP contribution in [0.2, 0.25) is 10.0 Å². The monoisotopic (exact) mass is 692 g/mol. The third-order valence-corrected chi connectivity index (χ3v) is 7.77. The van der Waals surface area contributed by atoms with Crippen molar-refractivity contribution in [2.45, 2.75) is 20.0 Å². The summed E-state index contributed by atoms with van der Waals surface area (Å²) >= 11 is 11.6. The molecule has 3 N–H and O–H groups in total. The number of aliphatic hydroxyl groups is 1. The Bertz CT molecular complexity index is 2150. The standard InChI is InChI=1S/C17H15ClFN3O2.C17H13ClFN3O2/c2*1-9(23)10-6-11-14(7-15(10)24-2)20-8-21-17(11)22-13-5-3-4-12(18)16(13)19/h3-9,23H,1-2H3,(H,20,21,22);3-8H,1-2H3,(H,20,21,22). The van der Waals surface area contributed by atoms with Crippen LogP contribution < -0.4 is 20.1 Å². The van der Waals surface area contributed by atoms with Crippen LogP contribution in [0.15, 0.2) is 73.3 Å². The fourth-order valence-electron chi connectivity index (χ4n) is 4.79. The van der Waals surface area contributed by atoms with Gasteiger partial charge in [-0.25, -0.2) is 28.7 Å². The van der Waals surface area contributed by atoms with Crippen LogP contribution in [-0.2, 0) is 0 Å². The van der Waals surface area contributed by atoms with Gasteiger partial charge in [-0.1, -0.05) is 35.3 Å². The first-order valence-corrected chi connectivity index (χ1v) is 15.0. The van der Waals surface area contributed by atoms with Crippen LogP contribution in [0, 0.1) is 11.6 Å². The Morgan fingerprint density at radius 3 is 1.71 bits per heavy atom. The number of carbonyl (C=O) groups excluding carboxylic acids is 1. The van der Waals surface area contributed by atoms with E-state index in [0.717, 1.165) is 0 Å². The number of ether oxygens (including phenoxy) is 2. The smallest absolute Gasteiger partial charge is 0.165 e. The fraction of sp³-hybridized carbons (Fsp3) is 0.147. The summed E-state index contributed by atoms with van der Waals surface area (Å²) in [6.45, 7) is 3.08. The highest BCUT2D eigenvalue weighted by molar-refractivity contribution is 6.31. The van der Waals surface area contributed by atoms with E-state index in [9.17, 15) is 18.7 Å². The number of halogens is 4. The van der Waals surface area contributed by atoms with Crippen LogP contribution in [0.1, 0.15) is 35.9 Å². The van der Waals surface area contributed by atoms with Gasteiger partial charge in [-0.3, -0.25) is 4.79 Å². The maximum atomic E-state index is 14.1. The van der Waals surface area contributed by atoms with Crippen LogP contribution in [0.4, 0.5) is 31.8 Å². The molecule has 0 aliphatic rings. The van der Waals surface area contributed by atoms with Crippen LogP contribution in [0.3, 0.4) is 0 Å². The minimum Gasteiger partial charge on any atom is -0.496 e. The molecule has 0 radical (unpaired) electrons. The molecule has 0 aliphatic carbocycles. The number of hydrogen-bond acceptors (Lipinski definition) is 10. The van der Waals surface area contributed by atoms with Crippen LogP contribution in [-0.4, -0.2) is 45.0 Å². The van der Waals surface area contributed by atoms with Gasteiger partial charge >= 0.3 is 0 Å². The first kappa shape index (κ1) is 34.2. The zero-order valence-corrected chi connectivity index (χ0v) is 27.5. The Morgan fingerprint density at radius 1 is 0.771 bits per heavy atom. The Morgan fingerprint density at radius 2 is 1.25 bits per heavy atom. The maximum Gasteiger partial charge on any atom is 0.165 e. The highest BCUT2D eigenvalue weighted by Gasteiger charge is 2.17. The van der Waals surface area contributed by atoms with Gasteiger partial charge in [0.1, 0.15) is 35.8 Å². The predicted octanol–water partition coefficient (Wildman–Crippen LogP) is 8.60. The van der Waals surface area contributed by atoms with Gasteiger partial charge < -0.3 is 25.2 Å². The van der Waals surface area contributed by atoms with Crippen molar-refractivity contribution in [3.8, 4) is 11.5 Å². The Labute approximate surface area is 283 Å². The van der Waals surface area contributed by atoms with Crippen molar-refractivity contribution in [1.82, 2.24) is 19.9 Å². The van der Waals surface area contributed by atoms with E-state index in [-0.39, 0.29) is 27.2 Å². The first-order valence-electron chi connectivity index (χ1n) is 14.3. The molecular weight excluding hydrogens is 665 g/mol. The second kappa shape index (κ2) is 14.7. The average Bonchev–Trinajstić information content (AvgIpc) is 3.08. The SMILES string of the molecule is COc1cc2ncnc(Nc3cccc(Cl)c3F)c2cc1C(C)=O.COc1cc2ncnc(Nc3cccc(Cl)c3F)c2cc1C(C)O. The molecule has 0 saturated carbocycles. The zero-order chi connectivity index (χ0) is 34.5. The molecule has 6 aromatic rings. The van der Waals surface area contributed by atoms with E-state index in [2.05, 4.69) is 30.6 Å². The molecule has 0 bridgehead atoms. The lowest BCUT2D eigenvalue weighted by atomic mass is 10.1. The molecule has 14 heteroatoms. The molecule has 2 heterocycles. The summed E-state index contributed by atoms with van der Waals surface area (Å²) in [6, 6.07) is 16.0. The van der Waals surface area contributed by atoms with Gasteiger partial charge in [-0.2, -0.15) is 0 Å². The number of methoxy groups -OCH3 is 2. The molecular formula is C34H28Cl2F2N6O4. The zero-order valence-electron chi connectivity index (χ0n) is 26.0. The predicted molar refractivity (Wildman–Crippen MR) is 182 cm³/mol. The summed E-state index contributed by atoms with van der Waals surface area (Å²) in [6.07, 6.45) is 1.98. The highest BCUT2D eigenvalue weighted by Crippen LogP contribution is 2.34. The minimum atomic E-state index is -0.736. The van der Waals surface area contributed by atoms with E-state index in [1.165, 1.54) is 45.9 Å². The lowest BCUT2D eigenvalue weighted by molar-refractivity contribution is 0.101. The average molecular weight is 694 g/mol. The van der Waals surface area contributed by atoms with E-state index in [4.69, 9.17) is 32.7 Å². The summed E-state index contributed by atoms with van der Waals surface area (Å²) in [7, 11) is 3.00. The first-order chi connectivity index (χ1) is 23.0. The molecule has 0 saturated heterocycles. The summed E-state index contributed by atoms with van der Waals surface area (Å²) in [5, 5.41) is 17.0. The number of aromatic nitrogens is 4. The topological polar surface area (TPSA) is 131 Å². The van der Waals surface area contributed by atoms with E-state index in [1.54, 1.807) is 55.5 Å². The largest absolute Gasteiger partial charge is 0.496 e. The van der Waals surface area contributed by atoms with Gasteiger partial charge in [0.05, 0.1) is 58.3 Å². The van der Waals surface area contributed by atoms with Crippen molar-refractivity contribution in [3.05, 3.63) is 106 Å². The van der Waals surface area contributed by atoms with Gasteiger partial charge in [-0.15, -0.1) is 0 Å². The number of fused-ring (bicyclic) bond motifs is 2. The van der Waals surface area contributed by atoms with E-state index in [0.29, 0.717) is 56.1 Å². The fourth-order valence-corrected chi connectivity index (χ4v) is 5.14. The van der Waals surface area contributed by atoms with Crippen LogP contribution in [0.5, 0.6) is 11.5 Å². The minimum absolute atomic E-state index is 0.00413. The van der Waals surface area contributed by atoms with Crippen molar-refractivity contribution in [1.29, 1.82) is 0 Å². The summed E-state index contributed by atoms with van der Waals surface area (Å²) in [5.74, 6) is 0.431. The molecule has 6 rings (SSSR count). The molecule has 4 aromatic carbocycles. The molecule has 1 unspecified atom stereocenters. The number of aliphatic hydroxyl groups excluding tert-OH is 1. The molecule has 0 spiro atoms. The van der Waals surface area contributed by atoms with Crippen molar-refractivity contribution in [2.75, 3.05) is 24.9 Å². The van der Waals surface area contributed by atoms with Gasteiger partial charge in [0.2, 0.25) is 0 Å². The van der Waals surface area contributed by atoms with E-state index >= 15 is 0 Å². The number of nitrogens with zero attached hydrogens (tertiary/aromatic N) is 4. The maximum absolute atomic E-state index is 14.1. The third-order valence-electron chi connectivity index (χ3n) is 7.18. The third kappa shape index (κ3) is 7.20. The normalized spacial score (nSPS) is 11.4. The molecule has 10 nitrogen and oxygen atoms in total. The van der Waals surface area contributed by atoms with E-state index in [1.807, 2.05) is 0 Å². The number of anilines is 4. The Hall–Kier alpha value is -5.17. The summed E-state index contributed by atoms with van der Waals surface area (Å²) in [5.41, 5.74) is 2.55. The van der Waals surface area contributed by atoms with Crippen LogP contribution >= 0.6 is 23.2 Å². The summed E-state index contributed by atoms with van der Waals surface area (Å²) < 4.78 is 38.7. The number of hydrogen-bond donors (Lipinski definition) is 3. The van der Waals surface area contributed by atoms with Gasteiger partial charge in [-0.05, 0) is 50.2 Å². The second-order valence-corrected chi connectivity index (χ2v) is 11.1. The molecule has 0 aliphatic heterocycles. The number of rotatable bonds is 8. The van der Waals surface area contributed by atoms with Crippen molar-refractivity contribution in [3.63, 3.8) is 0 Å². The number of benzene rings is 4. The van der Waals surface area contributed by atoms with Crippen molar-refractivity contribution < 1.29 is 28.2 Å². The van der Waals surface area contributed by atoms with Crippen molar-refractivity contribution in [2.24, 2.45) is 0 Å². The van der Waals surface area contributed by atoms with E-state index < -0.39 is 17.7 Å². The lowest BCUT2D eigenvalue weighted by Crippen LogP contribution is -2.02. The number of ketones is 1. The van der Waals surface area contributed by atoms with Gasteiger partial charge in [0.25, 0.3) is 0 Å². The molecule has 48 heavy (non-hydrogen) atoms. The molecule has 0 fully saturated rings. The lowest BCUT2D eigenvalue weighted by Gasteiger charge is -2.14. The van der Waals surface area contributed by atoms with Gasteiger partial charge in [0, 0.05) is 28.5 Å². The quantitative estimate of drug-likeness (QED) is 0.133. The molecule has 0 amide bonds. The second-order valence-electron chi connectivity index (χ2n) is 10.3.